The van der Waals surface area contributed by atoms with Crippen molar-refractivity contribution in [2.24, 2.45) is 0 Å². The van der Waals surface area contributed by atoms with Gasteiger partial charge in [-0.1, -0.05) is 11.6 Å². The molecule has 0 radical (unpaired) electrons. The fourth-order valence-corrected chi connectivity index (χ4v) is 3.32. The number of aryl methyl sites for hydroxylation is 2. The van der Waals surface area contributed by atoms with Crippen LogP contribution in [0.15, 0.2) is 24.3 Å². The molecule has 1 saturated heterocycles. The fraction of sp³-hybridized carbons (Fsp3) is 0.450. The van der Waals surface area contributed by atoms with Gasteiger partial charge in [0.15, 0.2) is 6.61 Å². The molecule has 1 aliphatic rings. The Hall–Kier alpha value is -2.47. The normalized spacial score (nSPS) is 20.2. The minimum absolute atomic E-state index is 0.0202. The number of nitrogens with zero attached hydrogens (tertiary/aromatic N) is 2. The molecule has 2 heterocycles. The molecular formula is C20H24N2O4. The van der Waals surface area contributed by atoms with E-state index in [1.807, 2.05) is 45.9 Å². The van der Waals surface area contributed by atoms with Gasteiger partial charge in [-0.05, 0) is 45.9 Å². The first-order valence-corrected chi connectivity index (χ1v) is 8.82. The molecule has 2 atom stereocenters. The molecule has 2 unspecified atom stereocenters. The van der Waals surface area contributed by atoms with E-state index in [9.17, 15) is 9.59 Å². The van der Waals surface area contributed by atoms with Crippen LogP contribution >= 0.6 is 0 Å². The minimum Gasteiger partial charge on any atom is -0.452 e. The van der Waals surface area contributed by atoms with E-state index in [0.717, 1.165) is 22.2 Å². The Morgan fingerprint density at radius 1 is 1.19 bits per heavy atom. The van der Waals surface area contributed by atoms with Crippen molar-refractivity contribution in [2.45, 2.75) is 39.9 Å². The van der Waals surface area contributed by atoms with Crippen LogP contribution in [-0.2, 0) is 14.3 Å². The second kappa shape index (κ2) is 7.41. The lowest BCUT2D eigenvalue weighted by atomic mass is 10.1. The molecular weight excluding hydrogens is 332 g/mol. The van der Waals surface area contributed by atoms with Crippen LogP contribution in [0.4, 0.5) is 0 Å². The Morgan fingerprint density at radius 3 is 2.58 bits per heavy atom. The molecule has 1 fully saturated rings. The molecule has 6 nitrogen and oxygen atoms in total. The third-order valence-electron chi connectivity index (χ3n) is 4.41. The molecule has 0 saturated carbocycles. The molecule has 3 rings (SSSR count). The van der Waals surface area contributed by atoms with E-state index in [-0.39, 0.29) is 24.7 Å². The van der Waals surface area contributed by atoms with Crippen molar-refractivity contribution in [1.29, 1.82) is 0 Å². The highest BCUT2D eigenvalue weighted by Crippen LogP contribution is 2.21. The summed E-state index contributed by atoms with van der Waals surface area (Å²) < 4.78 is 10.9. The van der Waals surface area contributed by atoms with E-state index in [2.05, 4.69) is 4.98 Å². The van der Waals surface area contributed by atoms with Crippen LogP contribution in [0.2, 0.25) is 0 Å². The van der Waals surface area contributed by atoms with Crippen LogP contribution in [-0.4, -0.2) is 53.7 Å². The second-order valence-corrected chi connectivity index (χ2v) is 6.96. The highest BCUT2D eigenvalue weighted by Gasteiger charge is 2.26. The number of fused-ring (bicyclic) bond motifs is 1. The van der Waals surface area contributed by atoms with Gasteiger partial charge in [0.2, 0.25) is 0 Å². The summed E-state index contributed by atoms with van der Waals surface area (Å²) in [5.74, 6) is -0.708. The molecule has 1 amide bonds. The van der Waals surface area contributed by atoms with E-state index in [0.29, 0.717) is 18.7 Å². The highest BCUT2D eigenvalue weighted by atomic mass is 16.5. The first kappa shape index (κ1) is 18.3. The third-order valence-corrected chi connectivity index (χ3v) is 4.41. The van der Waals surface area contributed by atoms with E-state index >= 15 is 0 Å². The maximum atomic E-state index is 12.6. The summed E-state index contributed by atoms with van der Waals surface area (Å²) in [5.41, 5.74) is 2.94. The number of amides is 1. The van der Waals surface area contributed by atoms with Gasteiger partial charge < -0.3 is 14.4 Å². The molecule has 0 bridgehead atoms. The van der Waals surface area contributed by atoms with Gasteiger partial charge in [-0.2, -0.15) is 0 Å². The smallest absolute Gasteiger partial charge is 0.339 e. The van der Waals surface area contributed by atoms with Gasteiger partial charge in [0.05, 0.1) is 23.3 Å². The number of pyridine rings is 1. The monoisotopic (exact) mass is 356 g/mol. The molecule has 0 N–H and O–H groups in total. The number of esters is 1. The van der Waals surface area contributed by atoms with Crippen LogP contribution in [0.5, 0.6) is 0 Å². The van der Waals surface area contributed by atoms with Gasteiger partial charge in [0.25, 0.3) is 5.91 Å². The van der Waals surface area contributed by atoms with Crippen LogP contribution < -0.4 is 0 Å². The minimum atomic E-state index is -0.506. The topological polar surface area (TPSA) is 68.7 Å². The Labute approximate surface area is 153 Å². The molecule has 1 aromatic carbocycles. The van der Waals surface area contributed by atoms with Crippen LogP contribution in [0, 0.1) is 13.8 Å². The first-order chi connectivity index (χ1) is 12.3. The van der Waals surface area contributed by atoms with E-state index < -0.39 is 5.97 Å². The quantitative estimate of drug-likeness (QED) is 0.791. The lowest BCUT2D eigenvalue weighted by molar-refractivity contribution is -0.146. The largest absolute Gasteiger partial charge is 0.452 e. The van der Waals surface area contributed by atoms with Crippen LogP contribution in [0.3, 0.4) is 0 Å². The molecule has 138 valence electrons. The Kier molecular flexibility index (Phi) is 5.23. The summed E-state index contributed by atoms with van der Waals surface area (Å²) in [4.78, 5) is 31.1. The van der Waals surface area contributed by atoms with Crippen molar-refractivity contribution in [3.05, 3.63) is 41.1 Å². The number of hydrogen-bond donors (Lipinski definition) is 0. The maximum Gasteiger partial charge on any atom is 0.339 e. The predicted octanol–water partition coefficient (Wildman–Crippen LogP) is 2.64. The summed E-state index contributed by atoms with van der Waals surface area (Å²) in [7, 11) is 0. The van der Waals surface area contributed by atoms with Gasteiger partial charge >= 0.3 is 5.97 Å². The van der Waals surface area contributed by atoms with Gasteiger partial charge in [0, 0.05) is 24.2 Å². The van der Waals surface area contributed by atoms with Crippen molar-refractivity contribution in [3.63, 3.8) is 0 Å². The number of benzene rings is 1. The second-order valence-electron chi connectivity index (χ2n) is 6.96. The predicted molar refractivity (Wildman–Crippen MR) is 98.1 cm³/mol. The van der Waals surface area contributed by atoms with Crippen molar-refractivity contribution < 1.29 is 19.1 Å². The maximum absolute atomic E-state index is 12.6. The third kappa shape index (κ3) is 4.02. The molecule has 26 heavy (non-hydrogen) atoms. The highest BCUT2D eigenvalue weighted by molar-refractivity contribution is 6.04. The molecule has 0 aliphatic carbocycles. The van der Waals surface area contributed by atoms with Crippen LogP contribution in [0.25, 0.3) is 10.9 Å². The van der Waals surface area contributed by atoms with Crippen LogP contribution in [0.1, 0.15) is 35.5 Å². The molecule has 0 spiro atoms. The molecule has 1 aliphatic heterocycles. The molecule has 1 aromatic heterocycles. The van der Waals surface area contributed by atoms with Crippen molar-refractivity contribution in [2.75, 3.05) is 19.7 Å². The summed E-state index contributed by atoms with van der Waals surface area (Å²) >= 11 is 0. The summed E-state index contributed by atoms with van der Waals surface area (Å²) in [6.45, 7) is 8.39. The van der Waals surface area contributed by atoms with Crippen molar-refractivity contribution >= 4 is 22.8 Å². The zero-order valence-electron chi connectivity index (χ0n) is 15.6. The van der Waals surface area contributed by atoms with Gasteiger partial charge in [0.1, 0.15) is 0 Å². The number of ether oxygens (including phenoxy) is 2. The van der Waals surface area contributed by atoms with Gasteiger partial charge in [-0.3, -0.25) is 9.78 Å². The average Bonchev–Trinajstić information content (AvgIpc) is 2.58. The Morgan fingerprint density at radius 2 is 1.88 bits per heavy atom. The van der Waals surface area contributed by atoms with Crippen molar-refractivity contribution in [3.8, 4) is 0 Å². The Balaban J connectivity index is 1.73. The van der Waals surface area contributed by atoms with E-state index in [1.165, 1.54) is 0 Å². The summed E-state index contributed by atoms with van der Waals surface area (Å²) in [6, 6.07) is 7.45. The molecule has 2 aromatic rings. The van der Waals surface area contributed by atoms with Crippen molar-refractivity contribution in [1.82, 2.24) is 9.88 Å². The zero-order valence-corrected chi connectivity index (χ0v) is 15.6. The summed E-state index contributed by atoms with van der Waals surface area (Å²) in [6.07, 6.45) is -0.0404. The Bertz CT molecular complexity index is 839. The average molecular weight is 356 g/mol. The SMILES string of the molecule is Cc1ccc2nc(C)cc(C(=O)OCC(=O)N3CC(C)OC(C)C3)c2c1. The standard InChI is InChI=1S/C20H24N2O4/c1-12-5-6-18-16(7-12)17(8-13(2)21-18)20(24)25-11-19(23)22-9-14(3)26-15(4)10-22/h5-8,14-15H,9-11H2,1-4H3. The number of carbonyl (C=O) groups excluding carboxylic acids is 2. The number of rotatable bonds is 3. The first-order valence-electron chi connectivity index (χ1n) is 8.82. The summed E-state index contributed by atoms with van der Waals surface area (Å²) in [5, 5.41) is 0.738. The van der Waals surface area contributed by atoms with E-state index in [1.54, 1.807) is 11.0 Å². The van der Waals surface area contributed by atoms with Gasteiger partial charge in [-0.25, -0.2) is 4.79 Å². The lowest BCUT2D eigenvalue weighted by Gasteiger charge is -2.35. The molecule has 6 heteroatoms. The number of hydrogen-bond acceptors (Lipinski definition) is 5. The lowest BCUT2D eigenvalue weighted by Crippen LogP contribution is -2.49. The number of aromatic nitrogens is 1. The number of morpholine rings is 1. The zero-order chi connectivity index (χ0) is 18.8. The van der Waals surface area contributed by atoms with Gasteiger partial charge in [-0.15, -0.1) is 0 Å². The number of carbonyl (C=O) groups is 2. The fourth-order valence-electron chi connectivity index (χ4n) is 3.32. The van der Waals surface area contributed by atoms with E-state index in [4.69, 9.17) is 9.47 Å².